The average Bonchev–Trinajstić information content (AvgIpc) is 2.75. The Morgan fingerprint density at radius 3 is 2.47 bits per heavy atom. The zero-order valence-electron chi connectivity index (χ0n) is 9.94. The molecule has 1 amide bonds. The highest BCUT2D eigenvalue weighted by Crippen LogP contribution is 2.09. The third-order valence-corrected chi connectivity index (χ3v) is 2.27. The lowest BCUT2D eigenvalue weighted by atomic mass is 10.1. The summed E-state index contributed by atoms with van der Waals surface area (Å²) in [5.74, 6) is -1.97. The van der Waals surface area contributed by atoms with Crippen LogP contribution in [-0.4, -0.2) is 36.2 Å². The van der Waals surface area contributed by atoms with E-state index in [2.05, 4.69) is 5.32 Å². The van der Waals surface area contributed by atoms with Crippen molar-refractivity contribution in [2.24, 2.45) is 0 Å². The van der Waals surface area contributed by atoms with E-state index in [0.717, 1.165) is 0 Å². The standard InChI is InChI=1S/C11H15NO5/c1-11(2,16-3)6-12-9(13)7-4-5-8(17-7)10(14)15/h4-5H,6H2,1-3H3,(H,12,13)(H,14,15). The van der Waals surface area contributed by atoms with Crippen molar-refractivity contribution in [3.05, 3.63) is 23.7 Å². The normalized spacial score (nSPS) is 11.2. The van der Waals surface area contributed by atoms with Crippen molar-refractivity contribution in [1.29, 1.82) is 0 Å². The Bertz CT molecular complexity index is 421. The lowest BCUT2D eigenvalue weighted by molar-refractivity contribution is 0.0225. The summed E-state index contributed by atoms with van der Waals surface area (Å²) in [4.78, 5) is 22.1. The van der Waals surface area contributed by atoms with Crippen LogP contribution in [0.5, 0.6) is 0 Å². The number of hydrogen-bond acceptors (Lipinski definition) is 4. The van der Waals surface area contributed by atoms with Crippen molar-refractivity contribution in [1.82, 2.24) is 5.32 Å². The summed E-state index contributed by atoms with van der Waals surface area (Å²) in [6.45, 7) is 3.93. The second-order valence-corrected chi connectivity index (χ2v) is 4.12. The van der Waals surface area contributed by atoms with Gasteiger partial charge in [-0.15, -0.1) is 0 Å². The number of amides is 1. The van der Waals surface area contributed by atoms with Crippen LogP contribution in [0.2, 0.25) is 0 Å². The molecule has 6 nitrogen and oxygen atoms in total. The van der Waals surface area contributed by atoms with Crippen LogP contribution in [0.4, 0.5) is 0 Å². The van der Waals surface area contributed by atoms with E-state index in [0.29, 0.717) is 6.54 Å². The van der Waals surface area contributed by atoms with Gasteiger partial charge in [0.25, 0.3) is 5.91 Å². The summed E-state index contributed by atoms with van der Waals surface area (Å²) in [5, 5.41) is 11.2. The molecule has 0 aliphatic heterocycles. The maximum Gasteiger partial charge on any atom is 0.371 e. The van der Waals surface area contributed by atoms with Crippen molar-refractivity contribution in [2.75, 3.05) is 13.7 Å². The molecule has 0 radical (unpaired) electrons. The molecule has 0 aliphatic rings. The predicted molar refractivity (Wildman–Crippen MR) is 59.1 cm³/mol. The second kappa shape index (κ2) is 5.01. The molecule has 6 heteroatoms. The van der Waals surface area contributed by atoms with Crippen molar-refractivity contribution < 1.29 is 23.8 Å². The number of hydrogen-bond donors (Lipinski definition) is 2. The van der Waals surface area contributed by atoms with Crippen LogP contribution in [0.3, 0.4) is 0 Å². The topological polar surface area (TPSA) is 88.8 Å². The molecule has 0 bridgehead atoms. The highest BCUT2D eigenvalue weighted by molar-refractivity contribution is 5.93. The second-order valence-electron chi connectivity index (χ2n) is 4.12. The van der Waals surface area contributed by atoms with Crippen LogP contribution in [0.25, 0.3) is 0 Å². The van der Waals surface area contributed by atoms with Crippen LogP contribution in [0, 0.1) is 0 Å². The van der Waals surface area contributed by atoms with E-state index >= 15 is 0 Å². The molecule has 1 aromatic rings. The van der Waals surface area contributed by atoms with Gasteiger partial charge in [-0.2, -0.15) is 0 Å². The minimum atomic E-state index is -1.21. The Morgan fingerprint density at radius 1 is 1.41 bits per heavy atom. The maximum absolute atomic E-state index is 11.6. The first-order valence-corrected chi connectivity index (χ1v) is 5.02. The molecule has 0 unspecified atom stereocenters. The lowest BCUT2D eigenvalue weighted by Gasteiger charge is -2.22. The van der Waals surface area contributed by atoms with E-state index in [9.17, 15) is 9.59 Å². The van der Waals surface area contributed by atoms with Crippen LogP contribution in [0.15, 0.2) is 16.5 Å². The Morgan fingerprint density at radius 2 is 2.00 bits per heavy atom. The van der Waals surface area contributed by atoms with E-state index in [1.54, 1.807) is 7.11 Å². The third-order valence-electron chi connectivity index (χ3n) is 2.27. The molecule has 0 spiro atoms. The molecular weight excluding hydrogens is 226 g/mol. The molecule has 0 aliphatic carbocycles. The molecule has 2 N–H and O–H groups in total. The molecule has 0 saturated carbocycles. The van der Waals surface area contributed by atoms with Gasteiger partial charge in [-0.05, 0) is 26.0 Å². The van der Waals surface area contributed by atoms with E-state index in [-0.39, 0.29) is 11.5 Å². The highest BCUT2D eigenvalue weighted by atomic mass is 16.5. The number of furan rings is 1. The van der Waals surface area contributed by atoms with Crippen LogP contribution in [-0.2, 0) is 4.74 Å². The van der Waals surface area contributed by atoms with Gasteiger partial charge >= 0.3 is 5.97 Å². The number of ether oxygens (including phenoxy) is 1. The van der Waals surface area contributed by atoms with Gasteiger partial charge in [-0.1, -0.05) is 0 Å². The van der Waals surface area contributed by atoms with Crippen LogP contribution >= 0.6 is 0 Å². The van der Waals surface area contributed by atoms with Crippen molar-refractivity contribution >= 4 is 11.9 Å². The summed E-state index contributed by atoms with van der Waals surface area (Å²) in [6.07, 6.45) is 0. The van der Waals surface area contributed by atoms with Crippen LogP contribution < -0.4 is 5.32 Å². The number of carbonyl (C=O) groups excluding carboxylic acids is 1. The van der Waals surface area contributed by atoms with E-state index in [1.807, 2.05) is 13.8 Å². The lowest BCUT2D eigenvalue weighted by Crippen LogP contribution is -2.39. The first-order valence-electron chi connectivity index (χ1n) is 5.02. The number of carboxylic acid groups (broad SMARTS) is 1. The minimum absolute atomic E-state index is 0.0331. The first-order chi connectivity index (χ1) is 7.85. The van der Waals surface area contributed by atoms with E-state index < -0.39 is 17.5 Å². The zero-order chi connectivity index (χ0) is 13.1. The van der Waals surface area contributed by atoms with Gasteiger partial charge in [0.1, 0.15) is 0 Å². The summed E-state index contributed by atoms with van der Waals surface area (Å²) >= 11 is 0. The van der Waals surface area contributed by atoms with Gasteiger partial charge < -0.3 is 19.6 Å². The number of rotatable bonds is 5. The third kappa shape index (κ3) is 3.60. The van der Waals surface area contributed by atoms with Gasteiger partial charge in [0.2, 0.25) is 5.76 Å². The van der Waals surface area contributed by atoms with Crippen molar-refractivity contribution in [3.8, 4) is 0 Å². The quantitative estimate of drug-likeness (QED) is 0.806. The fourth-order valence-corrected chi connectivity index (χ4v) is 1.03. The largest absolute Gasteiger partial charge is 0.475 e. The number of nitrogens with one attached hydrogen (secondary N) is 1. The molecule has 94 valence electrons. The molecule has 17 heavy (non-hydrogen) atoms. The Labute approximate surface area is 98.6 Å². The smallest absolute Gasteiger partial charge is 0.371 e. The van der Waals surface area contributed by atoms with Gasteiger partial charge in [0, 0.05) is 13.7 Å². The predicted octanol–water partition coefficient (Wildman–Crippen LogP) is 1.13. The molecule has 1 aromatic heterocycles. The fraction of sp³-hybridized carbons (Fsp3) is 0.455. The number of methoxy groups -OCH3 is 1. The first kappa shape index (κ1) is 13.2. The number of aromatic carboxylic acids is 1. The Hall–Kier alpha value is -1.82. The van der Waals surface area contributed by atoms with Gasteiger partial charge in [0.15, 0.2) is 5.76 Å². The molecule has 0 saturated heterocycles. The van der Waals surface area contributed by atoms with Gasteiger partial charge in [0.05, 0.1) is 5.60 Å². The maximum atomic E-state index is 11.6. The Kier molecular flexibility index (Phi) is 3.90. The fourth-order valence-electron chi connectivity index (χ4n) is 1.03. The Balaban J connectivity index is 2.61. The van der Waals surface area contributed by atoms with E-state index in [4.69, 9.17) is 14.3 Å². The van der Waals surface area contributed by atoms with Crippen molar-refractivity contribution in [2.45, 2.75) is 19.4 Å². The summed E-state index contributed by atoms with van der Waals surface area (Å²) in [7, 11) is 1.54. The highest BCUT2D eigenvalue weighted by Gasteiger charge is 2.20. The summed E-state index contributed by atoms with van der Waals surface area (Å²) < 4.78 is 9.98. The number of carbonyl (C=O) groups is 2. The average molecular weight is 241 g/mol. The minimum Gasteiger partial charge on any atom is -0.475 e. The number of carboxylic acids is 1. The molecule has 0 atom stereocenters. The summed E-state index contributed by atoms with van der Waals surface area (Å²) in [6, 6.07) is 2.55. The molecule has 0 fully saturated rings. The molecular formula is C11H15NO5. The molecule has 1 heterocycles. The van der Waals surface area contributed by atoms with Gasteiger partial charge in [-0.3, -0.25) is 4.79 Å². The van der Waals surface area contributed by atoms with Crippen molar-refractivity contribution in [3.63, 3.8) is 0 Å². The molecule has 0 aromatic carbocycles. The monoisotopic (exact) mass is 241 g/mol. The molecule has 1 rings (SSSR count). The van der Waals surface area contributed by atoms with E-state index in [1.165, 1.54) is 12.1 Å². The zero-order valence-corrected chi connectivity index (χ0v) is 9.94. The SMILES string of the molecule is COC(C)(C)CNC(=O)c1ccc(C(=O)O)o1. The van der Waals surface area contributed by atoms with Gasteiger partial charge in [-0.25, -0.2) is 4.79 Å². The summed E-state index contributed by atoms with van der Waals surface area (Å²) in [5.41, 5.74) is -0.488. The van der Waals surface area contributed by atoms with Crippen LogP contribution in [0.1, 0.15) is 35.0 Å².